The van der Waals surface area contributed by atoms with E-state index in [-0.39, 0.29) is 10.6 Å². The number of nitrogens with zero attached hydrogens (tertiary/aromatic N) is 2. The molecule has 2 aromatic carbocycles. The highest BCUT2D eigenvalue weighted by atomic mass is 32.2. The summed E-state index contributed by atoms with van der Waals surface area (Å²) < 4.78 is 24.5. The van der Waals surface area contributed by atoms with E-state index in [1.54, 1.807) is 68.6 Å². The van der Waals surface area contributed by atoms with Gasteiger partial charge in [0.05, 0.1) is 27.7 Å². The molecule has 28 heavy (non-hydrogen) atoms. The Morgan fingerprint density at radius 2 is 1.75 bits per heavy atom. The molecule has 5 nitrogen and oxygen atoms in total. The third-order valence-electron chi connectivity index (χ3n) is 4.23. The summed E-state index contributed by atoms with van der Waals surface area (Å²) in [5.41, 5.74) is 3.26. The second-order valence-electron chi connectivity index (χ2n) is 6.61. The quantitative estimate of drug-likeness (QED) is 0.687. The zero-order chi connectivity index (χ0) is 20.3. The second kappa shape index (κ2) is 7.83. The van der Waals surface area contributed by atoms with Crippen molar-refractivity contribution in [3.63, 3.8) is 0 Å². The number of benzene rings is 2. The number of phenols is 1. The molecule has 0 saturated carbocycles. The van der Waals surface area contributed by atoms with E-state index in [1.165, 1.54) is 0 Å². The monoisotopic (exact) mass is 392 g/mol. The molecule has 0 spiro atoms. The maximum absolute atomic E-state index is 12.3. The first-order valence-corrected chi connectivity index (χ1v) is 10.3. The molecule has 0 saturated heterocycles. The molecule has 1 heterocycles. The molecule has 0 atom stereocenters. The molecule has 0 aliphatic rings. The van der Waals surface area contributed by atoms with E-state index >= 15 is 0 Å². The Morgan fingerprint density at radius 1 is 1.04 bits per heavy atom. The van der Waals surface area contributed by atoms with Crippen molar-refractivity contribution in [2.75, 3.05) is 0 Å². The van der Waals surface area contributed by atoms with Crippen molar-refractivity contribution in [1.29, 1.82) is 0 Å². The third kappa shape index (κ3) is 4.21. The SMILES string of the molecule is Cc1ncc(-c2ccc(S(=O)(=O)C(C)C)cc2)nc1C#Cc1cccc(O)c1. The maximum Gasteiger partial charge on any atom is 0.180 e. The van der Waals surface area contributed by atoms with Crippen LogP contribution in [0.5, 0.6) is 5.75 Å². The summed E-state index contributed by atoms with van der Waals surface area (Å²) in [6.45, 7) is 5.14. The zero-order valence-corrected chi connectivity index (χ0v) is 16.7. The number of rotatable bonds is 3. The van der Waals surface area contributed by atoms with E-state index in [0.29, 0.717) is 22.6 Å². The van der Waals surface area contributed by atoms with Crippen LogP contribution in [0.1, 0.15) is 30.8 Å². The van der Waals surface area contributed by atoms with Gasteiger partial charge in [-0.1, -0.05) is 24.1 Å². The van der Waals surface area contributed by atoms with Crippen LogP contribution >= 0.6 is 0 Å². The van der Waals surface area contributed by atoms with Crippen molar-refractivity contribution in [3.8, 4) is 28.8 Å². The van der Waals surface area contributed by atoms with Gasteiger partial charge in [-0.15, -0.1) is 0 Å². The first kappa shape index (κ1) is 19.6. The van der Waals surface area contributed by atoms with Crippen LogP contribution in [0.3, 0.4) is 0 Å². The van der Waals surface area contributed by atoms with Gasteiger partial charge in [-0.05, 0) is 57.0 Å². The Morgan fingerprint density at radius 3 is 2.39 bits per heavy atom. The molecule has 0 unspecified atom stereocenters. The lowest BCUT2D eigenvalue weighted by Crippen LogP contribution is -2.13. The fourth-order valence-electron chi connectivity index (χ4n) is 2.51. The number of aromatic nitrogens is 2. The Kier molecular flexibility index (Phi) is 5.48. The van der Waals surface area contributed by atoms with E-state index in [4.69, 9.17) is 0 Å². The number of hydrogen-bond acceptors (Lipinski definition) is 5. The summed E-state index contributed by atoms with van der Waals surface area (Å²) >= 11 is 0. The highest BCUT2D eigenvalue weighted by Crippen LogP contribution is 2.22. The second-order valence-corrected chi connectivity index (χ2v) is 9.11. The van der Waals surface area contributed by atoms with Crippen LogP contribution in [0.4, 0.5) is 0 Å². The number of sulfone groups is 1. The van der Waals surface area contributed by atoms with Crippen LogP contribution in [0.2, 0.25) is 0 Å². The minimum Gasteiger partial charge on any atom is -0.508 e. The van der Waals surface area contributed by atoms with Gasteiger partial charge in [-0.25, -0.2) is 13.4 Å². The van der Waals surface area contributed by atoms with Crippen LogP contribution in [0.15, 0.2) is 59.6 Å². The molecule has 0 amide bonds. The molecule has 1 N–H and O–H groups in total. The minimum absolute atomic E-state index is 0.153. The van der Waals surface area contributed by atoms with Crippen molar-refractivity contribution in [2.24, 2.45) is 0 Å². The van der Waals surface area contributed by atoms with Crippen LogP contribution in [0.25, 0.3) is 11.3 Å². The van der Waals surface area contributed by atoms with Crippen LogP contribution in [0, 0.1) is 18.8 Å². The molecule has 142 valence electrons. The van der Waals surface area contributed by atoms with Crippen LogP contribution in [-0.4, -0.2) is 28.7 Å². The van der Waals surface area contributed by atoms with E-state index < -0.39 is 15.1 Å². The number of phenolic OH excluding ortho intramolecular Hbond substituents is 1. The van der Waals surface area contributed by atoms with Gasteiger partial charge < -0.3 is 5.11 Å². The van der Waals surface area contributed by atoms with E-state index in [9.17, 15) is 13.5 Å². The Hall–Kier alpha value is -3.17. The molecular formula is C22H20N2O3S. The topological polar surface area (TPSA) is 80.2 Å². The molecule has 1 aromatic heterocycles. The molecule has 0 bridgehead atoms. The van der Waals surface area contributed by atoms with Gasteiger partial charge in [0.2, 0.25) is 0 Å². The summed E-state index contributed by atoms with van der Waals surface area (Å²) in [7, 11) is -3.31. The zero-order valence-electron chi connectivity index (χ0n) is 15.8. The van der Waals surface area contributed by atoms with E-state index in [2.05, 4.69) is 21.8 Å². The van der Waals surface area contributed by atoms with Gasteiger partial charge in [0.1, 0.15) is 11.4 Å². The molecule has 0 radical (unpaired) electrons. The van der Waals surface area contributed by atoms with Gasteiger partial charge in [0.15, 0.2) is 9.84 Å². The number of aromatic hydroxyl groups is 1. The summed E-state index contributed by atoms with van der Waals surface area (Å²) in [5.74, 6) is 6.11. The molecule has 0 aliphatic carbocycles. The summed E-state index contributed by atoms with van der Waals surface area (Å²) in [5, 5.41) is 9.06. The van der Waals surface area contributed by atoms with Crippen molar-refractivity contribution >= 4 is 9.84 Å². The van der Waals surface area contributed by atoms with E-state index in [0.717, 1.165) is 5.56 Å². The lowest BCUT2D eigenvalue weighted by molar-refractivity contribution is 0.475. The third-order valence-corrected chi connectivity index (χ3v) is 6.40. The average molecular weight is 392 g/mol. The fourth-order valence-corrected chi connectivity index (χ4v) is 3.57. The smallest absolute Gasteiger partial charge is 0.180 e. The van der Waals surface area contributed by atoms with E-state index in [1.807, 2.05) is 6.92 Å². The highest BCUT2D eigenvalue weighted by Gasteiger charge is 2.19. The first-order valence-electron chi connectivity index (χ1n) is 8.76. The van der Waals surface area contributed by atoms with Gasteiger partial charge in [0, 0.05) is 11.1 Å². The normalized spacial score (nSPS) is 11.1. The standard InChI is InChI=1S/C22H20N2O3S/c1-15(2)28(26,27)20-10-8-18(9-11-20)22-14-23-16(3)21(24-22)12-7-17-5-4-6-19(25)13-17/h4-6,8-11,13-15,25H,1-3H3. The lowest BCUT2D eigenvalue weighted by atomic mass is 10.1. The molecule has 0 fully saturated rings. The first-order chi connectivity index (χ1) is 13.3. The Labute approximate surface area is 165 Å². The largest absolute Gasteiger partial charge is 0.508 e. The summed E-state index contributed by atoms with van der Waals surface area (Å²) in [4.78, 5) is 9.20. The van der Waals surface area contributed by atoms with Crippen LogP contribution < -0.4 is 0 Å². The molecule has 3 aromatic rings. The lowest BCUT2D eigenvalue weighted by Gasteiger charge is -2.09. The summed E-state index contributed by atoms with van der Waals surface area (Å²) in [6.07, 6.45) is 1.64. The Balaban J connectivity index is 1.94. The molecule has 6 heteroatoms. The average Bonchev–Trinajstić information content (AvgIpc) is 2.67. The molecule has 3 rings (SSSR count). The van der Waals surface area contributed by atoms with Crippen molar-refractivity contribution in [3.05, 3.63) is 71.7 Å². The predicted molar refractivity (Wildman–Crippen MR) is 109 cm³/mol. The molecular weight excluding hydrogens is 372 g/mol. The maximum atomic E-state index is 12.3. The predicted octanol–water partition coefficient (Wildman–Crippen LogP) is 3.74. The minimum atomic E-state index is -3.31. The fraction of sp³-hybridized carbons (Fsp3) is 0.182. The van der Waals surface area contributed by atoms with Crippen molar-refractivity contribution in [2.45, 2.75) is 30.9 Å². The number of hydrogen-bond donors (Lipinski definition) is 1. The van der Waals surface area contributed by atoms with Crippen LogP contribution in [-0.2, 0) is 9.84 Å². The van der Waals surface area contributed by atoms with Gasteiger partial charge >= 0.3 is 0 Å². The Bertz CT molecular complexity index is 1170. The molecule has 0 aliphatic heterocycles. The summed E-state index contributed by atoms with van der Waals surface area (Å²) in [6, 6.07) is 13.3. The van der Waals surface area contributed by atoms with Crippen molar-refractivity contribution in [1.82, 2.24) is 9.97 Å². The van der Waals surface area contributed by atoms with Gasteiger partial charge in [-0.3, -0.25) is 4.98 Å². The number of aryl methyl sites for hydroxylation is 1. The van der Waals surface area contributed by atoms with Gasteiger partial charge in [-0.2, -0.15) is 0 Å². The van der Waals surface area contributed by atoms with Gasteiger partial charge in [0.25, 0.3) is 0 Å². The highest BCUT2D eigenvalue weighted by molar-refractivity contribution is 7.92. The van der Waals surface area contributed by atoms with Crippen molar-refractivity contribution < 1.29 is 13.5 Å².